The molecule has 3 N–H and O–H groups in total. The minimum atomic E-state index is -1.19. The van der Waals surface area contributed by atoms with Crippen LogP contribution in [-0.4, -0.2) is 33.6 Å². The van der Waals surface area contributed by atoms with Crippen LogP contribution in [0.4, 0.5) is 0 Å². The summed E-state index contributed by atoms with van der Waals surface area (Å²) in [6.07, 6.45) is 0. The highest BCUT2D eigenvalue weighted by Gasteiger charge is 2.19. The van der Waals surface area contributed by atoms with E-state index in [0.717, 1.165) is 5.56 Å². The van der Waals surface area contributed by atoms with Crippen molar-refractivity contribution in [3.8, 4) is 23.0 Å². The van der Waals surface area contributed by atoms with Crippen LogP contribution in [0.2, 0.25) is 0 Å². The summed E-state index contributed by atoms with van der Waals surface area (Å²) >= 11 is 0. The molecule has 0 saturated heterocycles. The number of carbonyl (C=O) groups excluding carboxylic acids is 1. The first kappa shape index (κ1) is 22.6. The van der Waals surface area contributed by atoms with Gasteiger partial charge in [-0.05, 0) is 55.0 Å². The van der Waals surface area contributed by atoms with Crippen molar-refractivity contribution in [3.63, 3.8) is 0 Å². The van der Waals surface area contributed by atoms with E-state index in [0.29, 0.717) is 40.3 Å². The maximum Gasteiger partial charge on any atom is 0.322 e. The Hall–Kier alpha value is -4.59. The highest BCUT2D eigenvalue weighted by molar-refractivity contribution is 6.03. The largest absolute Gasteiger partial charge is 0.505 e. The first-order valence-electron chi connectivity index (χ1n) is 10.5. The molecule has 4 aromatic rings. The number of rotatable bonds is 8. The smallest absolute Gasteiger partial charge is 0.322 e. The zero-order valence-corrected chi connectivity index (χ0v) is 18.3. The van der Waals surface area contributed by atoms with Gasteiger partial charge in [-0.15, -0.1) is 0 Å². The van der Waals surface area contributed by atoms with Crippen molar-refractivity contribution in [2.75, 3.05) is 6.54 Å². The number of carbonyl (C=O) groups is 2. The molecule has 1 heterocycles. The van der Waals surface area contributed by atoms with Crippen LogP contribution >= 0.6 is 0 Å². The number of carboxylic acid groups (broad SMARTS) is 1. The van der Waals surface area contributed by atoms with E-state index in [2.05, 4.69) is 10.3 Å². The summed E-state index contributed by atoms with van der Waals surface area (Å²) < 4.78 is 11.7. The van der Waals surface area contributed by atoms with Crippen LogP contribution in [0.1, 0.15) is 21.7 Å². The van der Waals surface area contributed by atoms with E-state index in [9.17, 15) is 14.7 Å². The molecule has 0 unspecified atom stereocenters. The number of aryl methyl sites for hydroxylation is 1. The molecule has 8 nitrogen and oxygen atoms in total. The first-order valence-corrected chi connectivity index (χ1v) is 10.5. The monoisotopic (exact) mass is 458 g/mol. The quantitative estimate of drug-likeness (QED) is 0.357. The molecular weight excluding hydrogens is 436 g/mol. The molecule has 8 heteroatoms. The Bertz CT molecular complexity index is 1340. The normalized spacial score (nSPS) is 10.6. The van der Waals surface area contributed by atoms with Crippen LogP contribution in [0, 0.1) is 6.92 Å². The number of aromatic nitrogens is 1. The molecule has 0 spiro atoms. The topological polar surface area (TPSA) is 118 Å². The van der Waals surface area contributed by atoms with Crippen molar-refractivity contribution in [1.82, 2.24) is 10.3 Å². The van der Waals surface area contributed by atoms with Gasteiger partial charge in [-0.3, -0.25) is 9.59 Å². The van der Waals surface area contributed by atoms with E-state index in [1.807, 2.05) is 42.5 Å². The van der Waals surface area contributed by atoms with Gasteiger partial charge in [-0.25, -0.2) is 4.98 Å². The number of hydrogen-bond donors (Lipinski definition) is 3. The summed E-state index contributed by atoms with van der Waals surface area (Å²) in [4.78, 5) is 27.0. The number of aliphatic carboxylic acids is 1. The van der Waals surface area contributed by atoms with Crippen molar-refractivity contribution in [1.29, 1.82) is 0 Å². The summed E-state index contributed by atoms with van der Waals surface area (Å²) in [5.74, 6) is -0.435. The summed E-state index contributed by atoms with van der Waals surface area (Å²) in [5.41, 5.74) is 1.34. The van der Waals surface area contributed by atoms with Gasteiger partial charge < -0.3 is 25.0 Å². The number of nitrogens with one attached hydrogen (secondary N) is 1. The van der Waals surface area contributed by atoms with Crippen LogP contribution in [0.25, 0.3) is 10.8 Å². The van der Waals surface area contributed by atoms with E-state index in [1.165, 1.54) is 0 Å². The lowest BCUT2D eigenvalue weighted by molar-refractivity contribution is -0.135. The summed E-state index contributed by atoms with van der Waals surface area (Å²) in [6, 6.07) is 22.1. The van der Waals surface area contributed by atoms with Gasteiger partial charge in [0.1, 0.15) is 30.4 Å². The van der Waals surface area contributed by atoms with Crippen LogP contribution in [0.15, 0.2) is 72.8 Å². The summed E-state index contributed by atoms with van der Waals surface area (Å²) in [5, 5.41) is 22.5. The number of benzene rings is 3. The van der Waals surface area contributed by atoms with Crippen LogP contribution < -0.4 is 14.8 Å². The lowest BCUT2D eigenvalue weighted by Crippen LogP contribution is -2.30. The lowest BCUT2D eigenvalue weighted by Gasteiger charge is -2.12. The molecule has 0 aliphatic carbocycles. The highest BCUT2D eigenvalue weighted by atomic mass is 16.5. The zero-order chi connectivity index (χ0) is 24.1. The van der Waals surface area contributed by atoms with Crippen LogP contribution in [-0.2, 0) is 11.4 Å². The molecule has 1 amide bonds. The molecule has 0 bridgehead atoms. The average molecular weight is 458 g/mol. The molecule has 1 aromatic heterocycles. The zero-order valence-electron chi connectivity index (χ0n) is 18.3. The second kappa shape index (κ2) is 9.91. The molecule has 0 radical (unpaired) electrons. The molecule has 0 fully saturated rings. The standard InChI is InChI=1S/C26H22N2O6/c1-16-22-13-20(11-12-21(22)25(31)24(28-16)26(32)27-14-23(29)30)34-19-9-7-18(8-10-19)33-15-17-5-3-2-4-6-17/h2-13,31H,14-15H2,1H3,(H,27,32)(H,29,30). The molecule has 34 heavy (non-hydrogen) atoms. The van der Waals surface area contributed by atoms with E-state index < -0.39 is 18.4 Å². The molecule has 4 rings (SSSR count). The van der Waals surface area contributed by atoms with Crippen LogP contribution in [0.3, 0.4) is 0 Å². The predicted molar refractivity (Wildman–Crippen MR) is 125 cm³/mol. The SMILES string of the molecule is Cc1nc(C(=O)NCC(=O)O)c(O)c2ccc(Oc3ccc(OCc4ccccc4)cc3)cc12. The van der Waals surface area contributed by atoms with Crippen LogP contribution in [0.5, 0.6) is 23.0 Å². The molecule has 0 aliphatic heterocycles. The van der Waals surface area contributed by atoms with Gasteiger partial charge >= 0.3 is 5.97 Å². The number of pyridine rings is 1. The predicted octanol–water partition coefficient (Wildman–Crippen LogP) is 4.43. The second-order valence-electron chi connectivity index (χ2n) is 7.53. The second-order valence-corrected chi connectivity index (χ2v) is 7.53. The summed E-state index contributed by atoms with van der Waals surface area (Å²) in [7, 11) is 0. The maximum atomic E-state index is 12.2. The third kappa shape index (κ3) is 5.24. The van der Waals surface area contributed by atoms with Gasteiger partial charge in [-0.1, -0.05) is 30.3 Å². The Balaban J connectivity index is 1.48. The number of carboxylic acids is 1. The van der Waals surface area contributed by atoms with E-state index in [4.69, 9.17) is 14.6 Å². The number of amides is 1. The number of fused-ring (bicyclic) bond motifs is 1. The van der Waals surface area contributed by atoms with Crippen molar-refractivity contribution in [3.05, 3.63) is 89.7 Å². The fraction of sp³-hybridized carbons (Fsp3) is 0.115. The number of ether oxygens (including phenoxy) is 2. The van der Waals surface area contributed by atoms with Gasteiger partial charge in [-0.2, -0.15) is 0 Å². The number of hydrogen-bond acceptors (Lipinski definition) is 6. The third-order valence-electron chi connectivity index (χ3n) is 5.06. The Kier molecular flexibility index (Phi) is 6.59. The van der Waals surface area contributed by atoms with Crippen molar-refractivity contribution in [2.24, 2.45) is 0 Å². The van der Waals surface area contributed by atoms with Gasteiger partial charge in [0.15, 0.2) is 11.4 Å². The van der Waals surface area contributed by atoms with Gasteiger partial charge in [0, 0.05) is 16.5 Å². The van der Waals surface area contributed by atoms with E-state index in [-0.39, 0.29) is 11.4 Å². The Morgan fingerprint density at radius 2 is 1.59 bits per heavy atom. The Morgan fingerprint density at radius 3 is 2.29 bits per heavy atom. The number of nitrogens with zero attached hydrogens (tertiary/aromatic N) is 1. The average Bonchev–Trinajstić information content (AvgIpc) is 2.85. The Morgan fingerprint density at radius 1 is 0.912 bits per heavy atom. The molecular formula is C26H22N2O6. The minimum Gasteiger partial charge on any atom is -0.505 e. The molecule has 0 atom stereocenters. The van der Waals surface area contributed by atoms with E-state index in [1.54, 1.807) is 37.3 Å². The van der Waals surface area contributed by atoms with Crippen molar-refractivity contribution >= 4 is 22.6 Å². The molecule has 172 valence electrons. The fourth-order valence-corrected chi connectivity index (χ4v) is 3.38. The third-order valence-corrected chi connectivity index (χ3v) is 5.06. The molecule has 0 aliphatic rings. The van der Waals surface area contributed by atoms with Crippen molar-refractivity contribution < 1.29 is 29.3 Å². The molecule has 0 saturated carbocycles. The molecule has 3 aromatic carbocycles. The Labute approximate surface area is 195 Å². The minimum absolute atomic E-state index is 0.231. The van der Waals surface area contributed by atoms with Crippen molar-refractivity contribution in [2.45, 2.75) is 13.5 Å². The lowest BCUT2D eigenvalue weighted by atomic mass is 10.1. The van der Waals surface area contributed by atoms with Gasteiger partial charge in [0.2, 0.25) is 0 Å². The van der Waals surface area contributed by atoms with Gasteiger partial charge in [0.05, 0.1) is 0 Å². The first-order chi connectivity index (χ1) is 16.4. The van der Waals surface area contributed by atoms with E-state index >= 15 is 0 Å². The fourth-order valence-electron chi connectivity index (χ4n) is 3.38. The maximum absolute atomic E-state index is 12.2. The number of aromatic hydroxyl groups is 1. The highest BCUT2D eigenvalue weighted by Crippen LogP contribution is 2.33. The summed E-state index contributed by atoms with van der Waals surface area (Å²) in [6.45, 7) is 1.59. The van der Waals surface area contributed by atoms with Gasteiger partial charge in [0.25, 0.3) is 5.91 Å².